The second-order valence-electron chi connectivity index (χ2n) is 6.54. The van der Waals surface area contributed by atoms with Crippen LogP contribution in [-0.2, 0) is 4.79 Å². The molecule has 1 fully saturated rings. The molecule has 3 rings (SSSR count). The molecule has 7 heteroatoms. The lowest BCUT2D eigenvalue weighted by Crippen LogP contribution is -2.37. The Bertz CT molecular complexity index is 709. The van der Waals surface area contributed by atoms with Crippen molar-refractivity contribution in [1.82, 2.24) is 15.1 Å². The quantitative estimate of drug-likeness (QED) is 0.561. The van der Waals surface area contributed by atoms with Crippen molar-refractivity contribution in [3.63, 3.8) is 0 Å². The minimum Gasteiger partial charge on any atom is -0.497 e. The fourth-order valence-electron chi connectivity index (χ4n) is 3.19. The summed E-state index contributed by atoms with van der Waals surface area (Å²) in [5.41, 5.74) is 0.826. The van der Waals surface area contributed by atoms with Gasteiger partial charge in [-0.1, -0.05) is 37.4 Å². The Morgan fingerprint density at radius 3 is 2.54 bits per heavy atom. The number of hydrogen-bond donors (Lipinski definition) is 0. The van der Waals surface area contributed by atoms with Crippen LogP contribution in [-0.4, -0.2) is 47.0 Å². The molecular weight excluding hydrogens is 350 g/mol. The molecular formula is C19H25N3O3S. The molecule has 140 valence electrons. The van der Waals surface area contributed by atoms with E-state index in [9.17, 15) is 4.79 Å². The van der Waals surface area contributed by atoms with Crippen molar-refractivity contribution in [2.75, 3.05) is 19.9 Å². The monoisotopic (exact) mass is 375 g/mol. The Kier molecular flexibility index (Phi) is 6.55. The van der Waals surface area contributed by atoms with Crippen LogP contribution in [0.2, 0.25) is 0 Å². The first-order valence-corrected chi connectivity index (χ1v) is 10.0. The number of nitrogens with zero attached hydrogens (tertiary/aromatic N) is 3. The van der Waals surface area contributed by atoms with Crippen LogP contribution >= 0.6 is 11.8 Å². The van der Waals surface area contributed by atoms with Crippen molar-refractivity contribution in [1.29, 1.82) is 0 Å². The molecule has 0 saturated heterocycles. The van der Waals surface area contributed by atoms with Gasteiger partial charge in [-0.3, -0.25) is 4.79 Å². The van der Waals surface area contributed by atoms with Gasteiger partial charge in [0.15, 0.2) is 0 Å². The summed E-state index contributed by atoms with van der Waals surface area (Å²) in [7, 11) is 3.54. The second kappa shape index (κ2) is 9.07. The number of aromatic nitrogens is 2. The number of carbonyl (C=O) groups is 1. The maximum atomic E-state index is 12.5. The van der Waals surface area contributed by atoms with E-state index in [0.29, 0.717) is 22.9 Å². The smallest absolute Gasteiger partial charge is 0.277 e. The second-order valence-corrected chi connectivity index (χ2v) is 7.47. The summed E-state index contributed by atoms with van der Waals surface area (Å²) in [5, 5.41) is 8.52. The van der Waals surface area contributed by atoms with Gasteiger partial charge in [-0.05, 0) is 37.1 Å². The molecule has 0 atom stereocenters. The lowest BCUT2D eigenvalue weighted by atomic mass is 10.1. The average molecular weight is 375 g/mol. The molecule has 0 bridgehead atoms. The van der Waals surface area contributed by atoms with Gasteiger partial charge >= 0.3 is 0 Å². The number of carbonyl (C=O) groups excluding carboxylic acids is 1. The van der Waals surface area contributed by atoms with Crippen molar-refractivity contribution in [2.24, 2.45) is 0 Å². The predicted molar refractivity (Wildman–Crippen MR) is 101 cm³/mol. The minimum absolute atomic E-state index is 0.117. The highest BCUT2D eigenvalue weighted by atomic mass is 32.2. The van der Waals surface area contributed by atoms with Crippen LogP contribution in [0, 0.1) is 0 Å². The largest absolute Gasteiger partial charge is 0.497 e. The third-order valence-electron chi connectivity index (χ3n) is 4.83. The van der Waals surface area contributed by atoms with Crippen molar-refractivity contribution in [3.05, 3.63) is 24.3 Å². The third-order valence-corrected chi connectivity index (χ3v) is 5.63. The van der Waals surface area contributed by atoms with E-state index in [1.54, 1.807) is 7.11 Å². The summed E-state index contributed by atoms with van der Waals surface area (Å²) < 4.78 is 10.8. The third kappa shape index (κ3) is 4.78. The van der Waals surface area contributed by atoms with Gasteiger partial charge in [-0.2, -0.15) is 0 Å². The van der Waals surface area contributed by atoms with Gasteiger partial charge in [-0.25, -0.2) is 0 Å². The highest BCUT2D eigenvalue weighted by molar-refractivity contribution is 7.99. The van der Waals surface area contributed by atoms with Crippen molar-refractivity contribution < 1.29 is 13.9 Å². The van der Waals surface area contributed by atoms with Gasteiger partial charge in [0.2, 0.25) is 11.8 Å². The first-order valence-electron chi connectivity index (χ1n) is 9.04. The summed E-state index contributed by atoms with van der Waals surface area (Å²) in [6.07, 6.45) is 7.20. The Labute approximate surface area is 158 Å². The fraction of sp³-hybridized carbons (Fsp3) is 0.526. The zero-order chi connectivity index (χ0) is 18.4. The highest BCUT2D eigenvalue weighted by Gasteiger charge is 2.22. The van der Waals surface area contributed by atoms with Crippen LogP contribution in [0.25, 0.3) is 11.5 Å². The Hall–Kier alpha value is -2.02. The van der Waals surface area contributed by atoms with E-state index in [1.165, 1.54) is 37.4 Å². The van der Waals surface area contributed by atoms with Crippen LogP contribution in [0.1, 0.15) is 38.5 Å². The highest BCUT2D eigenvalue weighted by Crippen LogP contribution is 2.26. The number of methoxy groups -OCH3 is 1. The molecule has 1 amide bonds. The summed E-state index contributed by atoms with van der Waals surface area (Å²) in [6.45, 7) is 0. The van der Waals surface area contributed by atoms with Gasteiger partial charge in [0.1, 0.15) is 5.75 Å². The lowest BCUT2D eigenvalue weighted by molar-refractivity contribution is -0.129. The van der Waals surface area contributed by atoms with Crippen LogP contribution in [0.3, 0.4) is 0 Å². The van der Waals surface area contributed by atoms with Gasteiger partial charge in [0, 0.05) is 18.7 Å². The van der Waals surface area contributed by atoms with Crippen molar-refractivity contribution in [3.8, 4) is 17.2 Å². The zero-order valence-corrected chi connectivity index (χ0v) is 16.1. The van der Waals surface area contributed by atoms with Gasteiger partial charge < -0.3 is 14.1 Å². The summed E-state index contributed by atoms with van der Waals surface area (Å²) in [5.74, 6) is 1.65. The molecule has 0 aliphatic heterocycles. The number of ether oxygens (including phenoxy) is 1. The molecule has 1 aromatic heterocycles. The Morgan fingerprint density at radius 2 is 1.88 bits per heavy atom. The molecule has 0 spiro atoms. The fourth-order valence-corrected chi connectivity index (χ4v) is 3.88. The molecule has 1 aromatic carbocycles. The maximum Gasteiger partial charge on any atom is 0.277 e. The molecule has 1 aliphatic rings. The summed E-state index contributed by atoms with van der Waals surface area (Å²) in [6, 6.07) is 7.79. The molecule has 6 nitrogen and oxygen atoms in total. The number of thioether (sulfide) groups is 1. The zero-order valence-electron chi connectivity index (χ0n) is 15.3. The number of amides is 1. The molecule has 0 radical (unpaired) electrons. The van der Waals surface area contributed by atoms with E-state index >= 15 is 0 Å². The van der Waals surface area contributed by atoms with Crippen molar-refractivity contribution in [2.45, 2.75) is 49.8 Å². The minimum atomic E-state index is 0.117. The van der Waals surface area contributed by atoms with E-state index in [1.807, 2.05) is 36.2 Å². The lowest BCUT2D eigenvalue weighted by Gasteiger charge is -2.27. The Balaban J connectivity index is 1.54. The van der Waals surface area contributed by atoms with E-state index in [0.717, 1.165) is 24.2 Å². The molecule has 26 heavy (non-hydrogen) atoms. The van der Waals surface area contributed by atoms with E-state index < -0.39 is 0 Å². The average Bonchev–Trinajstić information content (AvgIpc) is 2.99. The normalized spacial score (nSPS) is 15.5. The summed E-state index contributed by atoms with van der Waals surface area (Å²) in [4.78, 5) is 14.4. The number of rotatable bonds is 6. The van der Waals surface area contributed by atoms with Crippen LogP contribution in [0.4, 0.5) is 0 Å². The topological polar surface area (TPSA) is 68.5 Å². The van der Waals surface area contributed by atoms with Crippen molar-refractivity contribution >= 4 is 17.7 Å². The maximum absolute atomic E-state index is 12.5. The SMILES string of the molecule is COc1ccc(-c2nnc(SCC(=O)N(C)C3CCCCCC3)o2)cc1. The molecule has 1 heterocycles. The number of benzene rings is 1. The van der Waals surface area contributed by atoms with Crippen LogP contribution < -0.4 is 4.74 Å². The van der Waals surface area contributed by atoms with Gasteiger partial charge in [0.05, 0.1) is 12.9 Å². The molecule has 1 saturated carbocycles. The van der Waals surface area contributed by atoms with E-state index in [4.69, 9.17) is 9.15 Å². The van der Waals surface area contributed by atoms with Gasteiger partial charge in [0.25, 0.3) is 5.22 Å². The molecule has 1 aliphatic carbocycles. The standard InChI is InChI=1S/C19H25N3O3S/c1-22(15-7-5-3-4-6-8-15)17(23)13-26-19-21-20-18(25-19)14-9-11-16(24-2)12-10-14/h9-12,15H,3-8,13H2,1-2H3. The predicted octanol–water partition coefficient (Wildman–Crippen LogP) is 4.02. The summed E-state index contributed by atoms with van der Waals surface area (Å²) >= 11 is 1.29. The molecule has 0 unspecified atom stereocenters. The first kappa shape index (κ1) is 18.8. The van der Waals surface area contributed by atoms with Crippen LogP contribution in [0.15, 0.2) is 33.9 Å². The van der Waals surface area contributed by atoms with Crippen LogP contribution in [0.5, 0.6) is 5.75 Å². The molecule has 0 N–H and O–H groups in total. The number of hydrogen-bond acceptors (Lipinski definition) is 6. The first-order chi connectivity index (χ1) is 12.7. The van der Waals surface area contributed by atoms with E-state index in [2.05, 4.69) is 10.2 Å². The Morgan fingerprint density at radius 1 is 1.19 bits per heavy atom. The van der Waals surface area contributed by atoms with Gasteiger partial charge in [-0.15, -0.1) is 10.2 Å². The molecule has 2 aromatic rings. The van der Waals surface area contributed by atoms with E-state index in [-0.39, 0.29) is 5.91 Å².